The van der Waals surface area contributed by atoms with Gasteiger partial charge in [-0.15, -0.1) is 0 Å². The Hall–Kier alpha value is -1.69. The van der Waals surface area contributed by atoms with Gasteiger partial charge in [-0.1, -0.05) is 0 Å². The Morgan fingerprint density at radius 1 is 1.55 bits per heavy atom. The van der Waals surface area contributed by atoms with Gasteiger partial charge in [-0.05, 0) is 12.1 Å². The Morgan fingerprint density at radius 2 is 2.27 bits per heavy atom. The van der Waals surface area contributed by atoms with Gasteiger partial charge in [0.05, 0.1) is 24.4 Å². The second-order valence-corrected chi connectivity index (χ2v) is 2.03. The first kappa shape index (κ1) is 7.42. The van der Waals surface area contributed by atoms with Crippen LogP contribution in [0.5, 0.6) is 5.75 Å². The lowest BCUT2D eigenvalue weighted by Gasteiger charge is -2.01. The summed E-state index contributed by atoms with van der Waals surface area (Å²) in [4.78, 5) is 0. The molecule has 0 aliphatic carbocycles. The van der Waals surface area contributed by atoms with Crippen molar-refractivity contribution in [1.82, 2.24) is 5.73 Å². The lowest BCUT2D eigenvalue weighted by Crippen LogP contribution is -1.85. The van der Waals surface area contributed by atoms with Gasteiger partial charge in [-0.2, -0.15) is 5.26 Å². The second kappa shape index (κ2) is 2.93. The molecule has 0 unspecified atom stereocenters. The number of nitrogens with one attached hydrogen (secondary N) is 1. The predicted octanol–water partition coefficient (Wildman–Crippen LogP) is 1.48. The molecule has 0 saturated heterocycles. The van der Waals surface area contributed by atoms with Crippen molar-refractivity contribution in [2.45, 2.75) is 0 Å². The van der Waals surface area contributed by atoms with Crippen LogP contribution in [0.25, 0.3) is 0 Å². The van der Waals surface area contributed by atoms with E-state index in [0.717, 1.165) is 0 Å². The normalized spacial score (nSPS) is 8.73. The van der Waals surface area contributed by atoms with Crippen LogP contribution in [0.3, 0.4) is 0 Å². The van der Waals surface area contributed by atoms with Crippen LogP contribution < -0.4 is 10.5 Å². The van der Waals surface area contributed by atoms with Crippen LogP contribution >= 0.6 is 0 Å². The molecular formula is C8H7N2O. The molecule has 0 aliphatic rings. The molecule has 3 nitrogen and oxygen atoms in total. The molecule has 0 atom stereocenters. The van der Waals surface area contributed by atoms with E-state index in [4.69, 9.17) is 15.7 Å². The van der Waals surface area contributed by atoms with Crippen LogP contribution in [0, 0.1) is 11.3 Å². The molecule has 3 heteroatoms. The van der Waals surface area contributed by atoms with E-state index in [1.165, 1.54) is 13.2 Å². The number of ether oxygens (including phenoxy) is 1. The Labute approximate surface area is 65.0 Å². The zero-order valence-electron chi connectivity index (χ0n) is 6.09. The van der Waals surface area contributed by atoms with Crippen molar-refractivity contribution in [3.8, 4) is 11.8 Å². The van der Waals surface area contributed by atoms with Crippen molar-refractivity contribution in [1.29, 1.82) is 5.26 Å². The molecule has 0 aliphatic heterocycles. The van der Waals surface area contributed by atoms with Gasteiger partial charge in [-0.25, -0.2) is 0 Å². The van der Waals surface area contributed by atoms with Crippen LogP contribution in [0.1, 0.15) is 5.56 Å². The maximum absolute atomic E-state index is 8.48. The smallest absolute Gasteiger partial charge is 0.145 e. The van der Waals surface area contributed by atoms with Gasteiger partial charge >= 0.3 is 0 Å². The minimum Gasteiger partial charge on any atom is -0.494 e. The molecule has 0 amide bonds. The summed E-state index contributed by atoms with van der Waals surface area (Å²) in [6.07, 6.45) is 0. The summed E-state index contributed by atoms with van der Waals surface area (Å²) in [7, 11) is 1.48. The van der Waals surface area contributed by atoms with Gasteiger partial charge in [0.15, 0.2) is 0 Å². The van der Waals surface area contributed by atoms with Gasteiger partial charge in [-0.3, -0.25) is 5.73 Å². The Kier molecular flexibility index (Phi) is 1.98. The van der Waals surface area contributed by atoms with E-state index in [0.29, 0.717) is 17.0 Å². The zero-order chi connectivity index (χ0) is 8.27. The minimum atomic E-state index is 0.298. The molecular weight excluding hydrogens is 140 g/mol. The molecule has 1 radical (unpaired) electrons. The summed E-state index contributed by atoms with van der Waals surface area (Å²) >= 11 is 0. The van der Waals surface area contributed by atoms with Crippen LogP contribution in [0.4, 0.5) is 5.69 Å². The van der Waals surface area contributed by atoms with E-state index >= 15 is 0 Å². The van der Waals surface area contributed by atoms with Crippen molar-refractivity contribution in [2.75, 3.05) is 7.11 Å². The fraction of sp³-hybridized carbons (Fsp3) is 0.125. The third kappa shape index (κ3) is 1.41. The number of nitriles is 1. The predicted molar refractivity (Wildman–Crippen MR) is 40.5 cm³/mol. The largest absolute Gasteiger partial charge is 0.494 e. The molecule has 0 aromatic heterocycles. The Morgan fingerprint density at radius 3 is 2.82 bits per heavy atom. The van der Waals surface area contributed by atoms with Crippen LogP contribution in [-0.4, -0.2) is 7.11 Å². The second-order valence-electron chi connectivity index (χ2n) is 2.03. The number of rotatable bonds is 1. The number of hydrogen-bond acceptors (Lipinski definition) is 2. The molecule has 0 bridgehead atoms. The van der Waals surface area contributed by atoms with E-state index in [1.807, 2.05) is 6.07 Å². The van der Waals surface area contributed by atoms with E-state index in [2.05, 4.69) is 0 Å². The first-order valence-corrected chi connectivity index (χ1v) is 3.07. The lowest BCUT2D eigenvalue weighted by molar-refractivity contribution is 0.415. The van der Waals surface area contributed by atoms with E-state index < -0.39 is 0 Å². The summed E-state index contributed by atoms with van der Waals surface area (Å²) in [6, 6.07) is 6.64. The van der Waals surface area contributed by atoms with Crippen LogP contribution in [0.2, 0.25) is 0 Å². The molecule has 1 N–H and O–H groups in total. The van der Waals surface area contributed by atoms with E-state index in [-0.39, 0.29) is 0 Å². The average molecular weight is 147 g/mol. The quantitative estimate of drug-likeness (QED) is 0.604. The molecule has 1 aromatic rings. The summed E-state index contributed by atoms with van der Waals surface area (Å²) in [6.45, 7) is 0. The lowest BCUT2D eigenvalue weighted by atomic mass is 10.2. The minimum absolute atomic E-state index is 0.298. The van der Waals surface area contributed by atoms with Crippen molar-refractivity contribution < 1.29 is 4.74 Å². The molecule has 0 fully saturated rings. The average Bonchev–Trinajstić information content (AvgIpc) is 2.05. The number of nitrogens with zero attached hydrogens (tertiary/aromatic N) is 1. The molecule has 0 heterocycles. The molecule has 55 valence electrons. The fourth-order valence-corrected chi connectivity index (χ4v) is 0.761. The fourth-order valence-electron chi connectivity index (χ4n) is 0.761. The first-order chi connectivity index (χ1) is 5.27. The van der Waals surface area contributed by atoms with Crippen molar-refractivity contribution >= 4 is 5.69 Å². The van der Waals surface area contributed by atoms with Gasteiger partial charge in [0.25, 0.3) is 0 Å². The van der Waals surface area contributed by atoms with Gasteiger partial charge in [0.1, 0.15) is 5.75 Å². The highest BCUT2D eigenvalue weighted by Crippen LogP contribution is 2.22. The maximum atomic E-state index is 8.48. The van der Waals surface area contributed by atoms with Crippen molar-refractivity contribution in [3.05, 3.63) is 23.8 Å². The van der Waals surface area contributed by atoms with Crippen molar-refractivity contribution in [3.63, 3.8) is 0 Å². The standard InChI is InChI=1S/C8H7N2O/c1-11-8-4-6(5-9)2-3-7(8)10/h2-4,10H,1H3. The highest BCUT2D eigenvalue weighted by atomic mass is 16.5. The van der Waals surface area contributed by atoms with Crippen LogP contribution in [-0.2, 0) is 0 Å². The van der Waals surface area contributed by atoms with Gasteiger partial charge < -0.3 is 4.74 Å². The summed E-state index contributed by atoms with van der Waals surface area (Å²) < 4.78 is 4.85. The monoisotopic (exact) mass is 147 g/mol. The zero-order valence-corrected chi connectivity index (χ0v) is 6.09. The van der Waals surface area contributed by atoms with Gasteiger partial charge in [0, 0.05) is 6.07 Å². The summed E-state index contributed by atoms with van der Waals surface area (Å²) in [5.74, 6) is 0.434. The summed E-state index contributed by atoms with van der Waals surface area (Å²) in [5.41, 5.74) is 8.12. The maximum Gasteiger partial charge on any atom is 0.145 e. The van der Waals surface area contributed by atoms with E-state index in [9.17, 15) is 0 Å². The van der Waals surface area contributed by atoms with Crippen LogP contribution in [0.15, 0.2) is 18.2 Å². The number of methoxy groups -OCH3 is 1. The Balaban J connectivity index is 3.15. The molecule has 1 rings (SSSR count). The number of hydrogen-bond donors (Lipinski definition) is 0. The molecule has 1 aromatic carbocycles. The third-order valence-electron chi connectivity index (χ3n) is 1.33. The highest BCUT2D eigenvalue weighted by Gasteiger charge is 1.99. The molecule has 0 saturated carbocycles. The highest BCUT2D eigenvalue weighted by molar-refractivity contribution is 5.53. The van der Waals surface area contributed by atoms with Crippen molar-refractivity contribution in [2.24, 2.45) is 0 Å². The SMILES string of the molecule is COc1cc(C#N)ccc1[NH]. The number of benzene rings is 1. The topological polar surface area (TPSA) is 56.8 Å². The van der Waals surface area contributed by atoms with E-state index in [1.54, 1.807) is 12.1 Å². The molecule has 0 spiro atoms. The Bertz CT molecular complexity index is 301. The first-order valence-electron chi connectivity index (χ1n) is 3.07. The molecule has 11 heavy (non-hydrogen) atoms. The van der Waals surface area contributed by atoms with Gasteiger partial charge in [0.2, 0.25) is 0 Å². The third-order valence-corrected chi connectivity index (χ3v) is 1.33. The summed E-state index contributed by atoms with van der Waals surface area (Å²) in [5, 5.41) is 8.48.